The van der Waals surface area contributed by atoms with Gasteiger partial charge in [0, 0.05) is 26.2 Å². The van der Waals surface area contributed by atoms with Crippen molar-refractivity contribution in [2.45, 2.75) is 25.3 Å². The molecule has 1 unspecified atom stereocenters. The molecule has 0 radical (unpaired) electrons. The number of imide groups is 1. The first-order valence-corrected chi connectivity index (χ1v) is 10.9. The van der Waals surface area contributed by atoms with E-state index >= 15 is 0 Å². The van der Waals surface area contributed by atoms with Gasteiger partial charge in [0.15, 0.2) is 0 Å². The van der Waals surface area contributed by atoms with Gasteiger partial charge in [-0.3, -0.25) is 9.69 Å². The molecular weight excluding hydrogens is 411 g/mol. The number of para-hydroxylation sites is 1. The van der Waals surface area contributed by atoms with E-state index in [1.54, 1.807) is 26.2 Å². The first-order valence-electron chi connectivity index (χ1n) is 10.9. The molecule has 2 aliphatic heterocycles. The second-order valence-corrected chi connectivity index (χ2v) is 8.54. The Hall–Kier alpha value is -3.13. The number of nitrogens with zero attached hydrogens (tertiary/aromatic N) is 3. The van der Waals surface area contributed by atoms with Crippen LogP contribution in [-0.4, -0.2) is 67.2 Å². The third-order valence-electron chi connectivity index (χ3n) is 6.32. The van der Waals surface area contributed by atoms with E-state index in [2.05, 4.69) is 10.2 Å². The number of amides is 3. The van der Waals surface area contributed by atoms with Gasteiger partial charge in [-0.25, -0.2) is 14.1 Å². The first-order chi connectivity index (χ1) is 15.4. The number of aryl methyl sites for hydroxylation is 1. The van der Waals surface area contributed by atoms with E-state index in [4.69, 9.17) is 4.74 Å². The van der Waals surface area contributed by atoms with Crippen LogP contribution in [0.25, 0.3) is 0 Å². The van der Waals surface area contributed by atoms with Gasteiger partial charge in [-0.15, -0.1) is 0 Å². The zero-order chi connectivity index (χ0) is 22.7. The van der Waals surface area contributed by atoms with Gasteiger partial charge in [0.25, 0.3) is 5.91 Å². The molecule has 2 aromatic rings. The van der Waals surface area contributed by atoms with Crippen molar-refractivity contribution in [3.05, 3.63) is 59.9 Å². The minimum absolute atomic E-state index is 0.201. The Morgan fingerprint density at radius 3 is 2.38 bits per heavy atom. The van der Waals surface area contributed by atoms with E-state index in [1.165, 1.54) is 11.0 Å². The Kier molecular flexibility index (Phi) is 6.32. The number of nitrogens with one attached hydrogen (secondary N) is 1. The number of anilines is 1. The van der Waals surface area contributed by atoms with Gasteiger partial charge in [0.1, 0.15) is 17.1 Å². The Labute approximate surface area is 187 Å². The lowest BCUT2D eigenvalue weighted by atomic mass is 9.93. The fourth-order valence-electron chi connectivity index (χ4n) is 4.27. The number of ether oxygens (including phenoxy) is 1. The van der Waals surface area contributed by atoms with E-state index in [0.29, 0.717) is 44.7 Å². The summed E-state index contributed by atoms with van der Waals surface area (Å²) in [6, 6.07) is 14.1. The van der Waals surface area contributed by atoms with E-state index in [0.717, 1.165) is 11.3 Å². The lowest BCUT2D eigenvalue weighted by Crippen LogP contribution is -2.52. The molecule has 2 aliphatic rings. The zero-order valence-electron chi connectivity index (χ0n) is 18.5. The van der Waals surface area contributed by atoms with Crippen LogP contribution in [0.4, 0.5) is 14.9 Å². The quantitative estimate of drug-likeness (QED) is 0.671. The summed E-state index contributed by atoms with van der Waals surface area (Å²) in [7, 11) is 1.62. The van der Waals surface area contributed by atoms with Crippen molar-refractivity contribution in [3.8, 4) is 5.75 Å². The number of halogens is 1. The van der Waals surface area contributed by atoms with E-state index < -0.39 is 5.54 Å². The maximum atomic E-state index is 14.1. The van der Waals surface area contributed by atoms with Gasteiger partial charge in [0.2, 0.25) is 0 Å². The molecule has 3 amide bonds. The maximum absolute atomic E-state index is 14.1. The van der Waals surface area contributed by atoms with Crippen molar-refractivity contribution in [2.75, 3.05) is 44.9 Å². The summed E-state index contributed by atoms with van der Waals surface area (Å²) >= 11 is 0. The van der Waals surface area contributed by atoms with Crippen LogP contribution in [0.3, 0.4) is 0 Å². The molecule has 8 heteroatoms. The molecule has 170 valence electrons. The van der Waals surface area contributed by atoms with E-state index in [1.807, 2.05) is 35.2 Å². The Morgan fingerprint density at radius 1 is 1.03 bits per heavy atom. The normalized spacial score (nSPS) is 21.7. The van der Waals surface area contributed by atoms with Crippen LogP contribution in [-0.2, 0) is 11.2 Å². The van der Waals surface area contributed by atoms with Gasteiger partial charge in [-0.2, -0.15) is 0 Å². The summed E-state index contributed by atoms with van der Waals surface area (Å²) < 4.78 is 19.2. The molecule has 32 heavy (non-hydrogen) atoms. The predicted octanol–water partition coefficient (Wildman–Crippen LogP) is 2.86. The summed E-state index contributed by atoms with van der Waals surface area (Å²) in [5.74, 6) is 0.349. The number of urea groups is 1. The van der Waals surface area contributed by atoms with Crippen LogP contribution >= 0.6 is 0 Å². The van der Waals surface area contributed by atoms with Crippen molar-refractivity contribution in [1.82, 2.24) is 15.1 Å². The molecule has 2 fully saturated rings. The van der Waals surface area contributed by atoms with Gasteiger partial charge >= 0.3 is 6.03 Å². The van der Waals surface area contributed by atoms with Crippen LogP contribution in [0.2, 0.25) is 0 Å². The van der Waals surface area contributed by atoms with Gasteiger partial charge in [-0.05, 0) is 49.6 Å². The number of carbonyl (C=O) groups excluding carboxylic acids is 2. The second kappa shape index (κ2) is 9.16. The van der Waals surface area contributed by atoms with Crippen LogP contribution < -0.4 is 15.0 Å². The number of hydrogen-bond acceptors (Lipinski definition) is 5. The zero-order valence-corrected chi connectivity index (χ0v) is 18.5. The molecule has 1 N–H and O–H groups in total. The average Bonchev–Trinajstić information content (AvgIpc) is 3.02. The molecule has 0 aromatic heterocycles. The molecular formula is C24H29FN4O3. The van der Waals surface area contributed by atoms with Crippen LogP contribution in [0.5, 0.6) is 5.75 Å². The van der Waals surface area contributed by atoms with Crippen molar-refractivity contribution in [1.29, 1.82) is 0 Å². The predicted molar refractivity (Wildman–Crippen MR) is 120 cm³/mol. The van der Waals surface area contributed by atoms with Crippen molar-refractivity contribution in [2.24, 2.45) is 0 Å². The molecule has 0 spiro atoms. The number of carbonyl (C=O) groups is 2. The highest BCUT2D eigenvalue weighted by molar-refractivity contribution is 6.06. The van der Waals surface area contributed by atoms with Crippen LogP contribution in [0.1, 0.15) is 18.9 Å². The van der Waals surface area contributed by atoms with Crippen LogP contribution in [0.15, 0.2) is 48.5 Å². The molecule has 0 saturated carbocycles. The minimum Gasteiger partial charge on any atom is -0.497 e. The molecule has 7 nitrogen and oxygen atoms in total. The monoisotopic (exact) mass is 440 g/mol. The standard InChI is InChI=1S/C24H29FN4O3/c1-24(12-11-18-7-9-19(32-2)10-8-18)22(30)29(23(31)26-24)17-27-13-15-28(16-14-27)21-6-4-3-5-20(21)25/h3-10H,11-17H2,1-2H3,(H,26,31). The van der Waals surface area contributed by atoms with Crippen LogP contribution in [0, 0.1) is 5.82 Å². The average molecular weight is 441 g/mol. The Balaban J connectivity index is 1.32. The lowest BCUT2D eigenvalue weighted by molar-refractivity contribution is -0.132. The smallest absolute Gasteiger partial charge is 0.326 e. The molecule has 0 aliphatic carbocycles. The van der Waals surface area contributed by atoms with Crippen molar-refractivity contribution < 1.29 is 18.7 Å². The van der Waals surface area contributed by atoms with Gasteiger partial charge in [0.05, 0.1) is 19.5 Å². The highest BCUT2D eigenvalue weighted by Gasteiger charge is 2.47. The second-order valence-electron chi connectivity index (χ2n) is 8.54. The molecule has 2 aromatic carbocycles. The fraction of sp³-hybridized carbons (Fsp3) is 0.417. The summed E-state index contributed by atoms with van der Waals surface area (Å²) in [6.07, 6.45) is 1.18. The SMILES string of the molecule is COc1ccc(CCC2(C)NC(=O)N(CN3CCN(c4ccccc4F)CC3)C2=O)cc1. The molecule has 2 heterocycles. The van der Waals surface area contributed by atoms with Gasteiger partial charge < -0.3 is 15.0 Å². The fourth-order valence-corrected chi connectivity index (χ4v) is 4.27. The molecule has 1 atom stereocenters. The summed E-state index contributed by atoms with van der Waals surface area (Å²) in [6.45, 7) is 4.60. The maximum Gasteiger partial charge on any atom is 0.326 e. The third kappa shape index (κ3) is 4.55. The molecule has 4 rings (SSSR count). The van der Waals surface area contributed by atoms with E-state index in [-0.39, 0.29) is 24.4 Å². The molecule has 0 bridgehead atoms. The topological polar surface area (TPSA) is 65.1 Å². The number of methoxy groups -OCH3 is 1. The number of hydrogen-bond donors (Lipinski definition) is 1. The highest BCUT2D eigenvalue weighted by Crippen LogP contribution is 2.25. The Morgan fingerprint density at radius 2 is 1.72 bits per heavy atom. The van der Waals surface area contributed by atoms with Crippen molar-refractivity contribution in [3.63, 3.8) is 0 Å². The highest BCUT2D eigenvalue weighted by atomic mass is 19.1. The lowest BCUT2D eigenvalue weighted by Gasteiger charge is -2.37. The Bertz CT molecular complexity index is 975. The summed E-state index contributed by atoms with van der Waals surface area (Å²) in [5, 5.41) is 2.88. The molecule has 2 saturated heterocycles. The summed E-state index contributed by atoms with van der Waals surface area (Å²) in [4.78, 5) is 31.0. The van der Waals surface area contributed by atoms with Crippen molar-refractivity contribution >= 4 is 17.6 Å². The largest absolute Gasteiger partial charge is 0.497 e. The summed E-state index contributed by atoms with van der Waals surface area (Å²) in [5.41, 5.74) is 0.747. The number of benzene rings is 2. The number of piperazine rings is 1. The third-order valence-corrected chi connectivity index (χ3v) is 6.32. The van der Waals surface area contributed by atoms with Gasteiger partial charge in [-0.1, -0.05) is 24.3 Å². The van der Waals surface area contributed by atoms with E-state index in [9.17, 15) is 14.0 Å². The minimum atomic E-state index is -0.925. The first kappa shape index (κ1) is 22.1. The number of rotatable bonds is 7.